The predicted molar refractivity (Wildman–Crippen MR) is 104 cm³/mol. The largest absolute Gasteiger partial charge is 0.313 e. The molecular formula is C21H20F2N2O2S. The number of rotatable bonds is 4. The molecule has 28 heavy (non-hydrogen) atoms. The van der Waals surface area contributed by atoms with Gasteiger partial charge in [-0.15, -0.1) is 0 Å². The van der Waals surface area contributed by atoms with Crippen molar-refractivity contribution >= 4 is 10.0 Å². The monoisotopic (exact) mass is 402 g/mol. The first-order chi connectivity index (χ1) is 13.3. The molecule has 0 saturated heterocycles. The van der Waals surface area contributed by atoms with Crippen LogP contribution >= 0.6 is 0 Å². The van der Waals surface area contributed by atoms with Crippen LogP contribution in [0, 0.1) is 18.6 Å². The molecule has 4 nitrogen and oxygen atoms in total. The smallest absolute Gasteiger partial charge is 0.268 e. The molecule has 1 atom stereocenters. The van der Waals surface area contributed by atoms with Crippen molar-refractivity contribution in [3.05, 3.63) is 77.0 Å². The first kappa shape index (κ1) is 18.8. The summed E-state index contributed by atoms with van der Waals surface area (Å²) in [5.74, 6) is -0.988. The molecule has 1 N–H and O–H groups in total. The van der Waals surface area contributed by atoms with Gasteiger partial charge in [-0.25, -0.2) is 21.2 Å². The third kappa shape index (κ3) is 2.95. The van der Waals surface area contributed by atoms with Crippen LogP contribution in [0.1, 0.15) is 29.2 Å². The number of aromatic nitrogens is 1. The quantitative estimate of drug-likeness (QED) is 0.712. The molecule has 2 aromatic carbocycles. The van der Waals surface area contributed by atoms with Gasteiger partial charge in [0, 0.05) is 17.8 Å². The molecule has 1 aromatic heterocycles. The summed E-state index contributed by atoms with van der Waals surface area (Å²) in [6.45, 7) is 1.78. The number of halogens is 2. The highest BCUT2D eigenvalue weighted by Gasteiger charge is 2.33. The van der Waals surface area contributed by atoms with Crippen LogP contribution in [0.15, 0.2) is 53.6 Å². The van der Waals surface area contributed by atoms with Crippen LogP contribution in [0.3, 0.4) is 0 Å². The normalized spacial score (nSPS) is 16.4. The molecule has 1 heterocycles. The van der Waals surface area contributed by atoms with E-state index < -0.39 is 21.7 Å². The second-order valence-corrected chi connectivity index (χ2v) is 8.84. The number of hydrogen-bond acceptors (Lipinski definition) is 3. The summed E-state index contributed by atoms with van der Waals surface area (Å²) in [6.07, 6.45) is 3.03. The molecule has 0 amide bonds. The van der Waals surface area contributed by atoms with E-state index in [0.717, 1.165) is 39.2 Å². The molecule has 0 aliphatic heterocycles. The van der Waals surface area contributed by atoms with E-state index in [-0.39, 0.29) is 16.5 Å². The van der Waals surface area contributed by atoms with E-state index in [1.54, 1.807) is 25.3 Å². The Morgan fingerprint density at radius 2 is 1.82 bits per heavy atom. The van der Waals surface area contributed by atoms with Crippen molar-refractivity contribution < 1.29 is 17.2 Å². The van der Waals surface area contributed by atoms with Crippen molar-refractivity contribution in [2.75, 3.05) is 7.05 Å². The molecule has 7 heteroatoms. The van der Waals surface area contributed by atoms with Crippen molar-refractivity contribution in [3.63, 3.8) is 0 Å². The maximum absolute atomic E-state index is 14.8. The van der Waals surface area contributed by atoms with Gasteiger partial charge < -0.3 is 5.32 Å². The Morgan fingerprint density at radius 1 is 1.11 bits per heavy atom. The number of fused-ring (bicyclic) bond motifs is 1. The number of nitrogens with zero attached hydrogens (tertiary/aromatic N) is 1. The fourth-order valence-corrected chi connectivity index (χ4v) is 5.26. The highest BCUT2D eigenvalue weighted by Crippen LogP contribution is 2.41. The van der Waals surface area contributed by atoms with Crippen LogP contribution in [0.2, 0.25) is 0 Å². The Balaban J connectivity index is 1.99. The molecule has 0 radical (unpaired) electrons. The number of hydrogen-bond donors (Lipinski definition) is 1. The maximum atomic E-state index is 14.8. The fourth-order valence-electron chi connectivity index (χ4n) is 3.85. The SMILES string of the molecule is CNC1CCc2c1cn(S(=O)(=O)c1ccc(F)cc1)c2-c1ccc(C)cc1F. The Kier molecular flexibility index (Phi) is 4.59. The Hall–Kier alpha value is -2.51. The highest BCUT2D eigenvalue weighted by atomic mass is 32.2. The van der Waals surface area contributed by atoms with Gasteiger partial charge >= 0.3 is 0 Å². The van der Waals surface area contributed by atoms with Gasteiger partial charge in [0.2, 0.25) is 0 Å². The van der Waals surface area contributed by atoms with Gasteiger partial charge in [0.25, 0.3) is 10.0 Å². The second kappa shape index (κ2) is 6.83. The summed E-state index contributed by atoms with van der Waals surface area (Å²) in [6, 6.07) is 9.43. The van der Waals surface area contributed by atoms with Gasteiger partial charge in [-0.3, -0.25) is 0 Å². The van der Waals surface area contributed by atoms with E-state index in [4.69, 9.17) is 0 Å². The van der Waals surface area contributed by atoms with Crippen LogP contribution in [-0.4, -0.2) is 19.4 Å². The van der Waals surface area contributed by atoms with Crippen LogP contribution in [-0.2, 0) is 16.4 Å². The predicted octanol–water partition coefficient (Wildman–Crippen LogP) is 4.19. The summed E-state index contributed by atoms with van der Waals surface area (Å²) >= 11 is 0. The fraction of sp³-hybridized carbons (Fsp3) is 0.238. The van der Waals surface area contributed by atoms with Crippen molar-refractivity contribution in [3.8, 4) is 11.3 Å². The number of aryl methyl sites for hydroxylation is 1. The molecule has 0 spiro atoms. The van der Waals surface area contributed by atoms with Gasteiger partial charge in [0.15, 0.2) is 0 Å². The summed E-state index contributed by atoms with van der Waals surface area (Å²) in [5.41, 5.74) is 3.02. The van der Waals surface area contributed by atoms with Gasteiger partial charge in [0.05, 0.1) is 10.6 Å². The molecule has 1 unspecified atom stereocenters. The minimum Gasteiger partial charge on any atom is -0.313 e. The molecule has 146 valence electrons. The van der Waals surface area contributed by atoms with Crippen LogP contribution in [0.5, 0.6) is 0 Å². The number of nitrogens with one attached hydrogen (secondary N) is 1. The lowest BCUT2D eigenvalue weighted by molar-refractivity contribution is 0.578. The Morgan fingerprint density at radius 3 is 2.46 bits per heavy atom. The standard InChI is InChI=1S/C21H20F2N2O2S/c1-13-3-8-17(19(23)11-13)21-16-9-10-20(24-2)18(16)12-25(21)28(26,27)15-6-4-14(22)5-7-15/h3-8,11-12,20,24H,9-10H2,1-2H3. The Bertz CT molecular complexity index is 1150. The highest BCUT2D eigenvalue weighted by molar-refractivity contribution is 7.90. The van der Waals surface area contributed by atoms with E-state index in [0.29, 0.717) is 12.1 Å². The third-order valence-electron chi connectivity index (χ3n) is 5.27. The minimum atomic E-state index is -4.02. The lowest BCUT2D eigenvalue weighted by Gasteiger charge is -2.14. The van der Waals surface area contributed by atoms with Gasteiger partial charge in [-0.05, 0) is 79.9 Å². The minimum absolute atomic E-state index is 0.00641. The lowest BCUT2D eigenvalue weighted by Crippen LogP contribution is -2.16. The first-order valence-corrected chi connectivity index (χ1v) is 10.5. The molecule has 4 rings (SSSR count). The van der Waals surface area contributed by atoms with Crippen molar-refractivity contribution in [1.82, 2.24) is 9.29 Å². The van der Waals surface area contributed by atoms with E-state index in [9.17, 15) is 17.2 Å². The van der Waals surface area contributed by atoms with E-state index >= 15 is 0 Å². The van der Waals surface area contributed by atoms with Crippen molar-refractivity contribution in [1.29, 1.82) is 0 Å². The average molecular weight is 402 g/mol. The van der Waals surface area contributed by atoms with Crippen molar-refractivity contribution in [2.45, 2.75) is 30.7 Å². The lowest BCUT2D eigenvalue weighted by atomic mass is 10.0. The molecule has 1 aliphatic carbocycles. The van der Waals surface area contributed by atoms with E-state index in [2.05, 4.69) is 5.32 Å². The summed E-state index contributed by atoms with van der Waals surface area (Å²) in [5, 5.41) is 3.18. The second-order valence-electron chi connectivity index (χ2n) is 7.03. The number of benzene rings is 2. The van der Waals surface area contributed by atoms with E-state index in [1.165, 1.54) is 18.2 Å². The zero-order valence-electron chi connectivity index (χ0n) is 15.5. The Labute approximate surface area is 162 Å². The summed E-state index contributed by atoms with van der Waals surface area (Å²) in [7, 11) is -2.20. The zero-order chi connectivity index (χ0) is 20.1. The molecule has 0 saturated carbocycles. The maximum Gasteiger partial charge on any atom is 0.268 e. The zero-order valence-corrected chi connectivity index (χ0v) is 16.4. The van der Waals surface area contributed by atoms with Gasteiger partial charge in [-0.1, -0.05) is 6.07 Å². The molecule has 1 aliphatic rings. The van der Waals surface area contributed by atoms with Crippen molar-refractivity contribution in [2.24, 2.45) is 0 Å². The topological polar surface area (TPSA) is 51.1 Å². The van der Waals surface area contributed by atoms with Crippen LogP contribution in [0.25, 0.3) is 11.3 Å². The average Bonchev–Trinajstić information content (AvgIpc) is 3.22. The summed E-state index contributed by atoms with van der Waals surface area (Å²) in [4.78, 5) is -0.0441. The first-order valence-electron chi connectivity index (χ1n) is 9.02. The van der Waals surface area contributed by atoms with Crippen LogP contribution < -0.4 is 5.32 Å². The summed E-state index contributed by atoms with van der Waals surface area (Å²) < 4.78 is 55.9. The molecular weight excluding hydrogens is 382 g/mol. The molecule has 0 bridgehead atoms. The molecule has 3 aromatic rings. The van der Waals surface area contributed by atoms with E-state index in [1.807, 2.05) is 7.05 Å². The third-order valence-corrected chi connectivity index (χ3v) is 6.94. The van der Waals surface area contributed by atoms with Gasteiger partial charge in [0.1, 0.15) is 11.6 Å². The molecule has 0 fully saturated rings. The van der Waals surface area contributed by atoms with Gasteiger partial charge in [-0.2, -0.15) is 0 Å². The van der Waals surface area contributed by atoms with Crippen LogP contribution in [0.4, 0.5) is 8.78 Å².